The maximum atomic E-state index is 5.92. The molecule has 0 radical (unpaired) electrons. The molecule has 0 saturated carbocycles. The van der Waals surface area contributed by atoms with Crippen molar-refractivity contribution in [3.8, 4) is 0 Å². The number of nitrogens with two attached hydrogens (primary N) is 1. The van der Waals surface area contributed by atoms with Crippen molar-refractivity contribution in [2.75, 3.05) is 37.9 Å². The van der Waals surface area contributed by atoms with Crippen molar-refractivity contribution in [1.29, 1.82) is 0 Å². The predicted molar refractivity (Wildman–Crippen MR) is 66.0 cm³/mol. The quantitative estimate of drug-likeness (QED) is 0.833. The minimum atomic E-state index is 0.470. The molecule has 1 aromatic rings. The van der Waals surface area contributed by atoms with E-state index in [1.807, 2.05) is 11.9 Å². The normalized spacial score (nSPS) is 10.4. The van der Waals surface area contributed by atoms with Gasteiger partial charge in [-0.3, -0.25) is 0 Å². The van der Waals surface area contributed by atoms with Gasteiger partial charge in [-0.05, 0) is 12.1 Å². The Kier molecular flexibility index (Phi) is 4.51. The lowest BCUT2D eigenvalue weighted by atomic mass is 10.2. The van der Waals surface area contributed by atoms with E-state index in [0.29, 0.717) is 22.3 Å². The maximum absolute atomic E-state index is 5.92. The second kappa shape index (κ2) is 5.45. The molecular weight excluding hydrogens is 235 g/mol. The van der Waals surface area contributed by atoms with E-state index in [4.69, 9.17) is 33.7 Å². The standard InChI is InChI=1S/C10H14Cl2N2O/c1-14(3-4-15-2)10-6-8(12)7(11)5-9(10)13/h5-6H,3-4,13H2,1-2H3. The number of methoxy groups -OCH3 is 1. The van der Waals surface area contributed by atoms with Gasteiger partial charge in [0.2, 0.25) is 0 Å². The van der Waals surface area contributed by atoms with Crippen LogP contribution in [0.3, 0.4) is 0 Å². The molecule has 84 valence electrons. The van der Waals surface area contributed by atoms with E-state index in [1.54, 1.807) is 19.2 Å². The average molecular weight is 249 g/mol. The van der Waals surface area contributed by atoms with Crippen molar-refractivity contribution in [2.24, 2.45) is 0 Å². The van der Waals surface area contributed by atoms with Gasteiger partial charge in [0.1, 0.15) is 0 Å². The van der Waals surface area contributed by atoms with Gasteiger partial charge in [-0.2, -0.15) is 0 Å². The molecule has 0 aromatic heterocycles. The molecule has 0 amide bonds. The Hall–Kier alpha value is -0.640. The molecule has 0 aliphatic carbocycles. The van der Waals surface area contributed by atoms with Crippen molar-refractivity contribution in [3.63, 3.8) is 0 Å². The number of ether oxygens (including phenoxy) is 1. The third-order valence-electron chi connectivity index (χ3n) is 2.11. The minimum absolute atomic E-state index is 0.470. The molecular formula is C10H14Cl2N2O. The fraction of sp³-hybridized carbons (Fsp3) is 0.400. The lowest BCUT2D eigenvalue weighted by molar-refractivity contribution is 0.206. The van der Waals surface area contributed by atoms with Crippen molar-refractivity contribution in [1.82, 2.24) is 0 Å². The van der Waals surface area contributed by atoms with Gasteiger partial charge in [0, 0.05) is 20.7 Å². The lowest BCUT2D eigenvalue weighted by Crippen LogP contribution is -2.23. The number of anilines is 2. The maximum Gasteiger partial charge on any atom is 0.0637 e. The summed E-state index contributed by atoms with van der Waals surface area (Å²) in [4.78, 5) is 1.97. The second-order valence-electron chi connectivity index (χ2n) is 3.24. The molecule has 0 heterocycles. The van der Waals surface area contributed by atoms with Crippen molar-refractivity contribution < 1.29 is 4.74 Å². The third-order valence-corrected chi connectivity index (χ3v) is 2.83. The van der Waals surface area contributed by atoms with E-state index in [1.165, 1.54) is 0 Å². The first kappa shape index (κ1) is 12.4. The number of hydrogen-bond donors (Lipinski definition) is 1. The van der Waals surface area contributed by atoms with E-state index < -0.39 is 0 Å². The molecule has 0 aliphatic heterocycles. The first-order chi connectivity index (χ1) is 7.06. The second-order valence-corrected chi connectivity index (χ2v) is 4.05. The number of likely N-dealkylation sites (N-methyl/N-ethyl adjacent to an activating group) is 1. The number of nitrogens with zero attached hydrogens (tertiary/aromatic N) is 1. The highest BCUT2D eigenvalue weighted by molar-refractivity contribution is 6.42. The summed E-state index contributed by atoms with van der Waals surface area (Å²) in [6.45, 7) is 1.38. The zero-order valence-corrected chi connectivity index (χ0v) is 10.3. The van der Waals surface area contributed by atoms with E-state index in [2.05, 4.69) is 0 Å². The smallest absolute Gasteiger partial charge is 0.0637 e. The summed E-state index contributed by atoms with van der Waals surface area (Å²) in [6, 6.07) is 3.41. The first-order valence-electron chi connectivity index (χ1n) is 4.51. The summed E-state index contributed by atoms with van der Waals surface area (Å²) in [5.74, 6) is 0. The predicted octanol–water partition coefficient (Wildman–Crippen LogP) is 2.66. The van der Waals surface area contributed by atoms with Crippen LogP contribution in [0.25, 0.3) is 0 Å². The van der Waals surface area contributed by atoms with Crippen LogP contribution in [0.2, 0.25) is 10.0 Å². The van der Waals surface area contributed by atoms with Crippen LogP contribution in [0.4, 0.5) is 11.4 Å². The molecule has 0 spiro atoms. The van der Waals surface area contributed by atoms with E-state index in [0.717, 1.165) is 12.2 Å². The Balaban J connectivity index is 2.88. The molecule has 0 fully saturated rings. The Labute approximate surface area is 99.7 Å². The van der Waals surface area contributed by atoms with Gasteiger partial charge in [-0.1, -0.05) is 23.2 Å². The molecule has 2 N–H and O–H groups in total. The highest BCUT2D eigenvalue weighted by atomic mass is 35.5. The Morgan fingerprint density at radius 2 is 1.93 bits per heavy atom. The van der Waals surface area contributed by atoms with Crippen LogP contribution in [0.15, 0.2) is 12.1 Å². The minimum Gasteiger partial charge on any atom is -0.397 e. The highest BCUT2D eigenvalue weighted by Gasteiger charge is 2.08. The molecule has 1 rings (SSSR count). The molecule has 0 bridgehead atoms. The molecule has 5 heteroatoms. The van der Waals surface area contributed by atoms with Crippen LogP contribution >= 0.6 is 23.2 Å². The molecule has 0 atom stereocenters. The first-order valence-corrected chi connectivity index (χ1v) is 5.26. The number of halogens is 2. The molecule has 3 nitrogen and oxygen atoms in total. The van der Waals surface area contributed by atoms with E-state index >= 15 is 0 Å². The van der Waals surface area contributed by atoms with Crippen molar-refractivity contribution in [3.05, 3.63) is 22.2 Å². The van der Waals surface area contributed by atoms with Gasteiger partial charge >= 0.3 is 0 Å². The molecule has 0 saturated heterocycles. The van der Waals surface area contributed by atoms with Crippen molar-refractivity contribution in [2.45, 2.75) is 0 Å². The lowest BCUT2D eigenvalue weighted by Gasteiger charge is -2.21. The zero-order valence-electron chi connectivity index (χ0n) is 8.76. The number of benzene rings is 1. The molecule has 0 aliphatic rings. The van der Waals surface area contributed by atoms with Crippen LogP contribution in [0.1, 0.15) is 0 Å². The molecule has 15 heavy (non-hydrogen) atoms. The SMILES string of the molecule is COCCN(C)c1cc(Cl)c(Cl)cc1N. The Morgan fingerprint density at radius 3 is 2.53 bits per heavy atom. The van der Waals surface area contributed by atoms with Crippen LogP contribution in [-0.4, -0.2) is 27.3 Å². The summed E-state index contributed by atoms with van der Waals surface area (Å²) < 4.78 is 4.99. The van der Waals surface area contributed by atoms with Crippen LogP contribution < -0.4 is 10.6 Å². The average Bonchev–Trinajstić information content (AvgIpc) is 2.20. The highest BCUT2D eigenvalue weighted by Crippen LogP contribution is 2.32. The summed E-state index contributed by atoms with van der Waals surface area (Å²) in [6.07, 6.45) is 0. The van der Waals surface area contributed by atoms with E-state index in [9.17, 15) is 0 Å². The van der Waals surface area contributed by atoms with Gasteiger partial charge in [0.15, 0.2) is 0 Å². The monoisotopic (exact) mass is 248 g/mol. The van der Waals surface area contributed by atoms with E-state index in [-0.39, 0.29) is 0 Å². The number of hydrogen-bond acceptors (Lipinski definition) is 3. The Bertz CT molecular complexity index is 344. The van der Waals surface area contributed by atoms with Gasteiger partial charge in [-0.25, -0.2) is 0 Å². The Morgan fingerprint density at radius 1 is 1.33 bits per heavy atom. The van der Waals surface area contributed by atoms with Gasteiger partial charge in [0.05, 0.1) is 28.0 Å². The van der Waals surface area contributed by atoms with Crippen LogP contribution in [-0.2, 0) is 4.74 Å². The largest absolute Gasteiger partial charge is 0.397 e. The molecule has 0 unspecified atom stereocenters. The zero-order chi connectivity index (χ0) is 11.4. The fourth-order valence-electron chi connectivity index (χ4n) is 1.23. The van der Waals surface area contributed by atoms with Crippen LogP contribution in [0.5, 0.6) is 0 Å². The topological polar surface area (TPSA) is 38.5 Å². The van der Waals surface area contributed by atoms with Gasteiger partial charge in [0.25, 0.3) is 0 Å². The number of nitrogen functional groups attached to an aromatic ring is 1. The third kappa shape index (κ3) is 3.16. The summed E-state index contributed by atoms with van der Waals surface area (Å²) in [5.41, 5.74) is 7.31. The summed E-state index contributed by atoms with van der Waals surface area (Å²) in [5, 5.41) is 0.975. The molecule has 1 aromatic carbocycles. The van der Waals surface area contributed by atoms with Gasteiger partial charge < -0.3 is 15.4 Å². The van der Waals surface area contributed by atoms with Gasteiger partial charge in [-0.15, -0.1) is 0 Å². The number of rotatable bonds is 4. The van der Waals surface area contributed by atoms with Crippen molar-refractivity contribution >= 4 is 34.6 Å². The summed E-state index contributed by atoms with van der Waals surface area (Å²) in [7, 11) is 3.58. The summed E-state index contributed by atoms with van der Waals surface area (Å²) >= 11 is 11.8. The van der Waals surface area contributed by atoms with Crippen LogP contribution in [0, 0.1) is 0 Å². The fourth-order valence-corrected chi connectivity index (χ4v) is 1.56.